The summed E-state index contributed by atoms with van der Waals surface area (Å²) in [5.41, 5.74) is 6.15. The molecule has 0 spiro atoms. The summed E-state index contributed by atoms with van der Waals surface area (Å²) in [6, 6.07) is 3.17. The van der Waals surface area contributed by atoms with E-state index in [1.807, 2.05) is 0 Å². The van der Waals surface area contributed by atoms with Gasteiger partial charge in [0.15, 0.2) is 0 Å². The van der Waals surface area contributed by atoms with Gasteiger partial charge in [-0.2, -0.15) is 0 Å². The smallest absolute Gasteiger partial charge is 0.339 e. The fraction of sp³-hybridized carbons (Fsp3) is 0.500. The number of nitrogens with two attached hydrogens (primary N) is 2. The van der Waals surface area contributed by atoms with Crippen molar-refractivity contribution in [3.63, 3.8) is 0 Å². The fourth-order valence-electron chi connectivity index (χ4n) is 2.07. The number of urea groups is 1. The molecule has 4 N–H and O–H groups in total. The normalized spacial score (nSPS) is 16.7. The van der Waals surface area contributed by atoms with Crippen molar-refractivity contribution in [3.05, 3.63) is 18.3 Å². The minimum Gasteiger partial charge on any atom is -0.382 e. The Morgan fingerprint density at radius 3 is 2.78 bits per heavy atom. The average Bonchev–Trinajstić information content (AvgIpc) is 2.38. The van der Waals surface area contributed by atoms with Crippen molar-refractivity contribution in [2.24, 2.45) is 11.8 Å². The Labute approximate surface area is 107 Å². The molecule has 1 saturated heterocycles. The van der Waals surface area contributed by atoms with Gasteiger partial charge < -0.3 is 10.6 Å². The lowest BCUT2D eigenvalue weighted by molar-refractivity contribution is 0.180. The predicted octanol–water partition coefficient (Wildman–Crippen LogP) is 1.20. The predicted molar refractivity (Wildman–Crippen MR) is 70.7 cm³/mol. The molecule has 2 amide bonds. The number of rotatable bonds is 1. The van der Waals surface area contributed by atoms with Crippen LogP contribution in [0.4, 0.5) is 16.3 Å². The van der Waals surface area contributed by atoms with Gasteiger partial charge in [-0.1, -0.05) is 6.92 Å². The second-order valence-corrected chi connectivity index (χ2v) is 4.73. The summed E-state index contributed by atoms with van der Waals surface area (Å²) < 4.78 is 0. The van der Waals surface area contributed by atoms with Crippen LogP contribution < -0.4 is 16.6 Å². The van der Waals surface area contributed by atoms with Crippen molar-refractivity contribution >= 4 is 17.5 Å². The number of nitrogen functional groups attached to an aromatic ring is 1. The number of likely N-dealkylation sites (tertiary alicyclic amines) is 1. The van der Waals surface area contributed by atoms with E-state index >= 15 is 0 Å². The Balaban J connectivity index is 2.07. The lowest BCUT2D eigenvalue weighted by atomic mass is 10.00. The van der Waals surface area contributed by atoms with Gasteiger partial charge in [-0.25, -0.2) is 20.6 Å². The lowest BCUT2D eigenvalue weighted by Gasteiger charge is -2.33. The number of carbonyl (C=O) groups is 1. The van der Waals surface area contributed by atoms with Crippen molar-refractivity contribution in [2.45, 2.75) is 19.8 Å². The first kappa shape index (κ1) is 12.6. The highest BCUT2D eigenvalue weighted by molar-refractivity contribution is 5.93. The average molecular weight is 249 g/mol. The molecule has 2 heterocycles. The summed E-state index contributed by atoms with van der Waals surface area (Å²) in [7, 11) is 0. The molecular weight excluding hydrogens is 230 g/mol. The van der Waals surface area contributed by atoms with Gasteiger partial charge in [-0.3, -0.25) is 0 Å². The molecule has 0 saturated carbocycles. The molecular formula is C12H19N5O. The molecule has 1 aliphatic heterocycles. The van der Waals surface area contributed by atoms with Crippen LogP contribution >= 0.6 is 0 Å². The van der Waals surface area contributed by atoms with E-state index in [-0.39, 0.29) is 11.8 Å². The zero-order chi connectivity index (χ0) is 13.1. The van der Waals surface area contributed by atoms with Gasteiger partial charge >= 0.3 is 6.03 Å². The number of carbonyl (C=O) groups excluding carboxylic acids is 1. The topological polar surface area (TPSA) is 88.5 Å². The van der Waals surface area contributed by atoms with Gasteiger partial charge in [0.1, 0.15) is 11.5 Å². The molecule has 0 aromatic carbocycles. The highest BCUT2D eigenvalue weighted by atomic mass is 16.2. The molecule has 1 aliphatic rings. The van der Waals surface area contributed by atoms with Gasteiger partial charge in [-0.15, -0.1) is 0 Å². The Kier molecular flexibility index (Phi) is 3.66. The summed E-state index contributed by atoms with van der Waals surface area (Å²) in [6.45, 7) is 3.68. The molecule has 98 valence electrons. The summed E-state index contributed by atoms with van der Waals surface area (Å²) in [4.78, 5) is 17.9. The van der Waals surface area contributed by atoms with Crippen LogP contribution in [0.2, 0.25) is 0 Å². The SMILES string of the molecule is CC1CCN(C(=O)N(N)c2cccnc2N)CC1. The monoisotopic (exact) mass is 249 g/mol. The summed E-state index contributed by atoms with van der Waals surface area (Å²) >= 11 is 0. The number of hydrazine groups is 1. The van der Waals surface area contributed by atoms with E-state index in [4.69, 9.17) is 11.6 Å². The van der Waals surface area contributed by atoms with Crippen LogP contribution in [0.15, 0.2) is 18.3 Å². The quantitative estimate of drug-likeness (QED) is 0.444. The lowest BCUT2D eigenvalue weighted by Crippen LogP contribution is -2.50. The zero-order valence-corrected chi connectivity index (χ0v) is 10.5. The van der Waals surface area contributed by atoms with Gasteiger partial charge in [0.2, 0.25) is 0 Å². The highest BCUT2D eigenvalue weighted by Crippen LogP contribution is 2.21. The molecule has 0 radical (unpaired) electrons. The molecule has 6 nitrogen and oxygen atoms in total. The molecule has 0 atom stereocenters. The molecule has 1 aromatic rings. The van der Waals surface area contributed by atoms with Crippen LogP contribution in [-0.2, 0) is 0 Å². The van der Waals surface area contributed by atoms with Crippen molar-refractivity contribution in [2.75, 3.05) is 23.8 Å². The minimum absolute atomic E-state index is 0.221. The Bertz CT molecular complexity index is 428. The van der Waals surface area contributed by atoms with Gasteiger partial charge in [-0.05, 0) is 30.9 Å². The maximum atomic E-state index is 12.2. The van der Waals surface area contributed by atoms with Gasteiger partial charge in [0, 0.05) is 19.3 Å². The summed E-state index contributed by atoms with van der Waals surface area (Å²) in [5, 5.41) is 1.08. The second-order valence-electron chi connectivity index (χ2n) is 4.73. The molecule has 18 heavy (non-hydrogen) atoms. The largest absolute Gasteiger partial charge is 0.382 e. The molecule has 6 heteroatoms. The molecule has 0 aliphatic carbocycles. The Morgan fingerprint density at radius 2 is 2.17 bits per heavy atom. The first-order valence-corrected chi connectivity index (χ1v) is 6.14. The molecule has 1 aromatic heterocycles. The van der Waals surface area contributed by atoms with E-state index < -0.39 is 0 Å². The van der Waals surface area contributed by atoms with Crippen molar-refractivity contribution in [1.29, 1.82) is 0 Å². The molecule has 1 fully saturated rings. The fourth-order valence-corrected chi connectivity index (χ4v) is 2.07. The third kappa shape index (κ3) is 2.53. The number of piperidine rings is 1. The minimum atomic E-state index is -0.221. The van der Waals surface area contributed by atoms with Crippen LogP contribution in [0.5, 0.6) is 0 Å². The number of nitrogens with zero attached hydrogens (tertiary/aromatic N) is 3. The Hall–Kier alpha value is -1.82. The number of amides is 2. The number of hydrogen-bond donors (Lipinski definition) is 2. The third-order valence-electron chi connectivity index (χ3n) is 3.34. The van der Waals surface area contributed by atoms with Crippen LogP contribution in [-0.4, -0.2) is 29.0 Å². The van der Waals surface area contributed by atoms with Gasteiger partial charge in [0.25, 0.3) is 0 Å². The first-order chi connectivity index (χ1) is 8.59. The highest BCUT2D eigenvalue weighted by Gasteiger charge is 2.25. The van der Waals surface area contributed by atoms with Crippen molar-refractivity contribution in [3.8, 4) is 0 Å². The number of anilines is 2. The number of hydrogen-bond acceptors (Lipinski definition) is 4. The van der Waals surface area contributed by atoms with E-state index in [2.05, 4.69) is 11.9 Å². The van der Waals surface area contributed by atoms with Crippen LogP contribution in [0.1, 0.15) is 19.8 Å². The van der Waals surface area contributed by atoms with Crippen LogP contribution in [0.25, 0.3) is 0 Å². The van der Waals surface area contributed by atoms with E-state index in [1.54, 1.807) is 23.2 Å². The second kappa shape index (κ2) is 5.22. The molecule has 0 unspecified atom stereocenters. The summed E-state index contributed by atoms with van der Waals surface area (Å²) in [6.07, 6.45) is 3.60. The maximum absolute atomic E-state index is 12.2. The zero-order valence-electron chi connectivity index (χ0n) is 10.5. The van der Waals surface area contributed by atoms with E-state index in [9.17, 15) is 4.79 Å². The first-order valence-electron chi connectivity index (χ1n) is 6.14. The van der Waals surface area contributed by atoms with E-state index in [0.29, 0.717) is 11.6 Å². The van der Waals surface area contributed by atoms with Crippen LogP contribution in [0, 0.1) is 5.92 Å². The molecule has 2 rings (SSSR count). The van der Waals surface area contributed by atoms with E-state index in [0.717, 1.165) is 30.9 Å². The number of pyridine rings is 1. The van der Waals surface area contributed by atoms with Crippen molar-refractivity contribution in [1.82, 2.24) is 9.88 Å². The molecule has 0 bridgehead atoms. The van der Waals surface area contributed by atoms with Gasteiger partial charge in [0.05, 0.1) is 0 Å². The van der Waals surface area contributed by atoms with E-state index in [1.165, 1.54) is 0 Å². The third-order valence-corrected chi connectivity index (χ3v) is 3.34. The number of aromatic nitrogens is 1. The van der Waals surface area contributed by atoms with Crippen LogP contribution in [0.3, 0.4) is 0 Å². The maximum Gasteiger partial charge on any atom is 0.339 e. The standard InChI is InChI=1S/C12H19N5O/c1-9-4-7-16(8-5-9)12(18)17(14)10-3-2-6-15-11(10)13/h2-3,6,9H,4-5,7-8,14H2,1H3,(H2,13,15). The Morgan fingerprint density at radius 1 is 1.50 bits per heavy atom. The summed E-state index contributed by atoms with van der Waals surface area (Å²) in [5.74, 6) is 6.76. The van der Waals surface area contributed by atoms with Crippen molar-refractivity contribution < 1.29 is 4.79 Å².